The molecule has 5 heteroatoms. The normalized spacial score (nSPS) is 11.6. The van der Waals surface area contributed by atoms with Crippen LogP contribution in [0.25, 0.3) is 0 Å². The van der Waals surface area contributed by atoms with Crippen LogP contribution >= 0.6 is 11.8 Å². The summed E-state index contributed by atoms with van der Waals surface area (Å²) in [4.78, 5) is 11.6. The Balaban J connectivity index is 2.67. The zero-order valence-electron chi connectivity index (χ0n) is 9.17. The number of thioether (sulfide) groups is 1. The molecule has 1 atom stereocenters. The van der Waals surface area contributed by atoms with Crippen LogP contribution in [0.5, 0.6) is 0 Å². The molecule has 0 aliphatic carbocycles. The van der Waals surface area contributed by atoms with Gasteiger partial charge in [0.15, 0.2) is 0 Å². The highest BCUT2D eigenvalue weighted by molar-refractivity contribution is 8.00. The molecule has 1 amide bonds. The van der Waals surface area contributed by atoms with Gasteiger partial charge < -0.3 is 5.32 Å². The van der Waals surface area contributed by atoms with E-state index in [-0.39, 0.29) is 17.3 Å². The van der Waals surface area contributed by atoms with Crippen molar-refractivity contribution >= 4 is 17.7 Å². The second-order valence-electron chi connectivity index (χ2n) is 3.26. The average molecular weight is 255 g/mol. The summed E-state index contributed by atoms with van der Waals surface area (Å²) < 4.78 is 26.2. The van der Waals surface area contributed by atoms with Crippen LogP contribution in [0, 0.1) is 24.0 Å². The van der Waals surface area contributed by atoms with Gasteiger partial charge in [0.25, 0.3) is 0 Å². The molecule has 17 heavy (non-hydrogen) atoms. The van der Waals surface area contributed by atoms with E-state index in [1.807, 2.05) is 0 Å². The smallest absolute Gasteiger partial charge is 0.233 e. The SMILES string of the molecule is C#CCNC(=O)[C@@H](C)Sc1cc(F)ccc1F. The Morgan fingerprint density at radius 1 is 1.59 bits per heavy atom. The summed E-state index contributed by atoms with van der Waals surface area (Å²) in [7, 11) is 0. The fourth-order valence-electron chi connectivity index (χ4n) is 1.09. The molecule has 1 aromatic rings. The zero-order chi connectivity index (χ0) is 12.8. The third-order valence-corrected chi connectivity index (χ3v) is 3.07. The van der Waals surface area contributed by atoms with E-state index >= 15 is 0 Å². The molecule has 1 N–H and O–H groups in total. The van der Waals surface area contributed by atoms with Crippen LogP contribution in [0.3, 0.4) is 0 Å². The van der Waals surface area contributed by atoms with Crippen molar-refractivity contribution in [2.75, 3.05) is 6.54 Å². The molecule has 0 bridgehead atoms. The highest BCUT2D eigenvalue weighted by atomic mass is 32.2. The van der Waals surface area contributed by atoms with Gasteiger partial charge in [-0.05, 0) is 25.1 Å². The van der Waals surface area contributed by atoms with Crippen LogP contribution in [-0.2, 0) is 4.79 Å². The van der Waals surface area contributed by atoms with Crippen LogP contribution in [-0.4, -0.2) is 17.7 Å². The van der Waals surface area contributed by atoms with Crippen molar-refractivity contribution in [3.8, 4) is 12.3 Å². The average Bonchev–Trinajstić information content (AvgIpc) is 2.30. The maximum absolute atomic E-state index is 13.3. The third kappa shape index (κ3) is 4.08. The van der Waals surface area contributed by atoms with E-state index in [1.54, 1.807) is 6.92 Å². The molecule has 1 aromatic carbocycles. The minimum atomic E-state index is -0.548. The summed E-state index contributed by atoms with van der Waals surface area (Å²) in [6.07, 6.45) is 4.99. The van der Waals surface area contributed by atoms with E-state index < -0.39 is 16.9 Å². The van der Waals surface area contributed by atoms with Gasteiger partial charge in [0, 0.05) is 4.90 Å². The summed E-state index contributed by atoms with van der Waals surface area (Å²) >= 11 is 0.947. The monoisotopic (exact) mass is 255 g/mol. The van der Waals surface area contributed by atoms with Crippen LogP contribution < -0.4 is 5.32 Å². The van der Waals surface area contributed by atoms with Crippen molar-refractivity contribution < 1.29 is 13.6 Å². The summed E-state index contributed by atoms with van der Waals surface area (Å²) in [6, 6.07) is 3.12. The molecule has 0 saturated carbocycles. The zero-order valence-corrected chi connectivity index (χ0v) is 9.98. The molecule has 1 rings (SSSR count). The van der Waals surface area contributed by atoms with Crippen molar-refractivity contribution in [1.29, 1.82) is 0 Å². The van der Waals surface area contributed by atoms with E-state index in [1.165, 1.54) is 0 Å². The van der Waals surface area contributed by atoms with Crippen molar-refractivity contribution in [3.05, 3.63) is 29.8 Å². The molecule has 0 aliphatic rings. The van der Waals surface area contributed by atoms with Crippen LogP contribution in [0.1, 0.15) is 6.92 Å². The van der Waals surface area contributed by atoms with Gasteiger partial charge in [0.05, 0.1) is 11.8 Å². The first-order valence-corrected chi connectivity index (χ1v) is 5.75. The van der Waals surface area contributed by atoms with Crippen molar-refractivity contribution in [2.45, 2.75) is 17.1 Å². The second kappa shape index (κ2) is 6.26. The molecule has 0 heterocycles. The predicted molar refractivity (Wildman–Crippen MR) is 63.5 cm³/mol. The lowest BCUT2D eigenvalue weighted by molar-refractivity contribution is -0.120. The number of nitrogens with one attached hydrogen (secondary N) is 1. The van der Waals surface area contributed by atoms with Crippen molar-refractivity contribution in [3.63, 3.8) is 0 Å². The van der Waals surface area contributed by atoms with Crippen molar-refractivity contribution in [2.24, 2.45) is 0 Å². The van der Waals surface area contributed by atoms with Crippen LogP contribution in [0.15, 0.2) is 23.1 Å². The van der Waals surface area contributed by atoms with E-state index in [0.717, 1.165) is 30.0 Å². The second-order valence-corrected chi connectivity index (χ2v) is 4.64. The Labute approximate surface area is 103 Å². The van der Waals surface area contributed by atoms with E-state index in [0.29, 0.717) is 0 Å². The molecule has 0 radical (unpaired) electrons. The maximum Gasteiger partial charge on any atom is 0.233 e. The topological polar surface area (TPSA) is 29.1 Å². The number of amides is 1. The summed E-state index contributed by atoms with van der Waals surface area (Å²) in [5, 5.41) is 1.93. The number of terminal acetylenes is 1. The molecule has 90 valence electrons. The first-order valence-electron chi connectivity index (χ1n) is 4.87. The van der Waals surface area contributed by atoms with Crippen molar-refractivity contribution in [1.82, 2.24) is 5.32 Å². The molecule has 0 saturated heterocycles. The number of carbonyl (C=O) groups excluding carboxylic acids is 1. The quantitative estimate of drug-likeness (QED) is 0.660. The van der Waals surface area contributed by atoms with Gasteiger partial charge in [-0.15, -0.1) is 18.2 Å². The molecule has 0 aromatic heterocycles. The fourth-order valence-corrected chi connectivity index (χ4v) is 2.03. The van der Waals surface area contributed by atoms with Gasteiger partial charge >= 0.3 is 0 Å². The third-order valence-electron chi connectivity index (χ3n) is 1.93. The number of benzene rings is 1. The Morgan fingerprint density at radius 3 is 2.94 bits per heavy atom. The van der Waals surface area contributed by atoms with Gasteiger partial charge in [-0.1, -0.05) is 5.92 Å². The van der Waals surface area contributed by atoms with Gasteiger partial charge in [-0.3, -0.25) is 4.79 Å². The van der Waals surface area contributed by atoms with Gasteiger partial charge in [-0.25, -0.2) is 8.78 Å². The summed E-state index contributed by atoms with van der Waals surface area (Å²) in [5.74, 6) is 0.869. The van der Waals surface area contributed by atoms with Gasteiger partial charge in [0.2, 0.25) is 5.91 Å². The predicted octanol–water partition coefficient (Wildman–Crippen LogP) is 2.19. The summed E-state index contributed by atoms with van der Waals surface area (Å²) in [5.41, 5.74) is 0. The lowest BCUT2D eigenvalue weighted by atomic mass is 10.3. The number of hydrogen-bond donors (Lipinski definition) is 1. The Hall–Kier alpha value is -1.54. The first-order chi connectivity index (χ1) is 8.04. The van der Waals surface area contributed by atoms with E-state index in [2.05, 4.69) is 11.2 Å². The lowest BCUT2D eigenvalue weighted by Gasteiger charge is -2.11. The van der Waals surface area contributed by atoms with Gasteiger partial charge in [-0.2, -0.15) is 0 Å². The molecule has 0 unspecified atom stereocenters. The number of rotatable bonds is 4. The standard InChI is InChI=1S/C12H11F2NOS/c1-3-6-15-12(16)8(2)17-11-7-9(13)4-5-10(11)14/h1,4-5,7-8H,6H2,2H3,(H,15,16)/t8-/m1/s1. The highest BCUT2D eigenvalue weighted by Crippen LogP contribution is 2.26. The lowest BCUT2D eigenvalue weighted by Crippen LogP contribution is -2.31. The van der Waals surface area contributed by atoms with E-state index in [4.69, 9.17) is 6.42 Å². The van der Waals surface area contributed by atoms with Gasteiger partial charge in [0.1, 0.15) is 11.6 Å². The minimum absolute atomic E-state index is 0.105. The molecular weight excluding hydrogens is 244 g/mol. The Kier molecular flexibility index (Phi) is 4.98. The molecule has 2 nitrogen and oxygen atoms in total. The highest BCUT2D eigenvalue weighted by Gasteiger charge is 2.16. The maximum atomic E-state index is 13.3. The molecule has 0 spiro atoms. The van der Waals surface area contributed by atoms with Crippen LogP contribution in [0.2, 0.25) is 0 Å². The fraction of sp³-hybridized carbons (Fsp3) is 0.250. The largest absolute Gasteiger partial charge is 0.344 e. The molecule has 0 aliphatic heterocycles. The Morgan fingerprint density at radius 2 is 2.29 bits per heavy atom. The summed E-state index contributed by atoms with van der Waals surface area (Å²) in [6.45, 7) is 1.72. The number of carbonyl (C=O) groups is 1. The minimum Gasteiger partial charge on any atom is -0.344 e. The number of halogens is 2. The van der Waals surface area contributed by atoms with E-state index in [9.17, 15) is 13.6 Å². The Bertz CT molecular complexity index is 456. The molecule has 0 fully saturated rings. The molecular formula is C12H11F2NOS. The first kappa shape index (κ1) is 13.5. The van der Waals surface area contributed by atoms with Crippen LogP contribution in [0.4, 0.5) is 8.78 Å². The number of hydrogen-bond acceptors (Lipinski definition) is 2.